The molecule has 5 aromatic rings. The Labute approximate surface area is 161 Å². The van der Waals surface area contributed by atoms with Crippen LogP contribution in [0.1, 0.15) is 0 Å². The summed E-state index contributed by atoms with van der Waals surface area (Å²) in [6, 6.07) is 22.2. The Kier molecular flexibility index (Phi) is 3.87. The second-order valence-electron chi connectivity index (χ2n) is 6.36. The largest absolute Gasteiger partial charge is 0.480 e. The van der Waals surface area contributed by atoms with E-state index in [1.807, 2.05) is 53.2 Å². The number of aromatic nitrogens is 5. The third-order valence-electron chi connectivity index (χ3n) is 4.67. The van der Waals surface area contributed by atoms with Crippen molar-refractivity contribution in [1.29, 1.82) is 0 Å². The number of ether oxygens (including phenoxy) is 1. The molecule has 0 amide bonds. The molecule has 3 aromatic heterocycles. The van der Waals surface area contributed by atoms with Gasteiger partial charge in [-0.2, -0.15) is 5.10 Å². The van der Waals surface area contributed by atoms with Crippen molar-refractivity contribution < 1.29 is 4.74 Å². The van der Waals surface area contributed by atoms with Crippen molar-refractivity contribution in [2.45, 2.75) is 0 Å². The lowest BCUT2D eigenvalue weighted by atomic mass is 10.1. The average molecular weight is 367 g/mol. The highest BCUT2D eigenvalue weighted by Gasteiger charge is 2.21. The van der Waals surface area contributed by atoms with Gasteiger partial charge in [0.1, 0.15) is 5.69 Å². The minimum absolute atomic E-state index is 0.512. The molecule has 0 spiro atoms. The normalized spacial score (nSPS) is 11.0. The van der Waals surface area contributed by atoms with Crippen molar-refractivity contribution in [3.05, 3.63) is 79.1 Å². The van der Waals surface area contributed by atoms with E-state index in [0.29, 0.717) is 5.88 Å². The van der Waals surface area contributed by atoms with E-state index in [1.54, 1.807) is 13.3 Å². The standard InChI is InChI=1S/C22H17N5O/c1-28-19-12-18(17-13-23-24-14-17)22-25-20(15-8-4-2-5-9-15)21(27(22)26-19)16-10-6-3-7-11-16/h2-14H,1H3,(H,23,24). The van der Waals surface area contributed by atoms with Gasteiger partial charge in [-0.1, -0.05) is 60.7 Å². The van der Waals surface area contributed by atoms with E-state index in [1.165, 1.54) is 0 Å². The number of nitrogens with one attached hydrogen (secondary N) is 1. The maximum absolute atomic E-state index is 5.48. The van der Waals surface area contributed by atoms with Gasteiger partial charge in [-0.05, 0) is 0 Å². The third kappa shape index (κ3) is 2.63. The SMILES string of the molecule is COc1cc(-c2cn[nH]c2)c2nc(-c3ccccc3)c(-c3ccccc3)n2n1. The number of hydrogen-bond acceptors (Lipinski definition) is 4. The molecule has 0 saturated heterocycles. The summed E-state index contributed by atoms with van der Waals surface area (Å²) in [5.41, 5.74) is 6.44. The van der Waals surface area contributed by atoms with Gasteiger partial charge in [0, 0.05) is 34.5 Å². The molecular formula is C22H17N5O. The van der Waals surface area contributed by atoms with Crippen LogP contribution in [0.4, 0.5) is 0 Å². The highest BCUT2D eigenvalue weighted by Crippen LogP contribution is 2.36. The minimum atomic E-state index is 0.512. The average Bonchev–Trinajstić information content (AvgIpc) is 3.42. The maximum atomic E-state index is 5.48. The number of hydrogen-bond donors (Lipinski definition) is 1. The Morgan fingerprint density at radius 3 is 2.25 bits per heavy atom. The molecule has 28 heavy (non-hydrogen) atoms. The fourth-order valence-electron chi connectivity index (χ4n) is 3.36. The van der Waals surface area contributed by atoms with Crippen molar-refractivity contribution in [2.75, 3.05) is 7.11 Å². The summed E-state index contributed by atoms with van der Waals surface area (Å²) in [6.07, 6.45) is 3.61. The molecule has 0 radical (unpaired) electrons. The zero-order valence-corrected chi connectivity index (χ0v) is 15.2. The van der Waals surface area contributed by atoms with Gasteiger partial charge in [0.05, 0.1) is 19.0 Å². The van der Waals surface area contributed by atoms with Gasteiger partial charge in [0.25, 0.3) is 0 Å². The molecule has 0 unspecified atom stereocenters. The van der Waals surface area contributed by atoms with Crippen molar-refractivity contribution in [1.82, 2.24) is 24.8 Å². The van der Waals surface area contributed by atoms with E-state index in [0.717, 1.165) is 39.3 Å². The smallest absolute Gasteiger partial charge is 0.232 e. The summed E-state index contributed by atoms with van der Waals surface area (Å²) in [6.45, 7) is 0. The highest BCUT2D eigenvalue weighted by atomic mass is 16.5. The van der Waals surface area contributed by atoms with Crippen molar-refractivity contribution in [3.63, 3.8) is 0 Å². The number of benzene rings is 2. The molecule has 0 bridgehead atoms. The zero-order chi connectivity index (χ0) is 18.9. The van der Waals surface area contributed by atoms with Crippen LogP contribution in [-0.4, -0.2) is 31.9 Å². The van der Waals surface area contributed by atoms with Gasteiger partial charge >= 0.3 is 0 Å². The maximum Gasteiger partial charge on any atom is 0.232 e. The second-order valence-corrected chi connectivity index (χ2v) is 6.36. The van der Waals surface area contributed by atoms with Crippen LogP contribution in [0.25, 0.3) is 39.3 Å². The summed E-state index contributed by atoms with van der Waals surface area (Å²) in [7, 11) is 1.62. The molecule has 0 aliphatic carbocycles. The molecule has 0 aliphatic rings. The molecular weight excluding hydrogens is 350 g/mol. The van der Waals surface area contributed by atoms with E-state index in [-0.39, 0.29) is 0 Å². The number of methoxy groups -OCH3 is 1. The molecule has 5 rings (SSSR count). The lowest BCUT2D eigenvalue weighted by Gasteiger charge is -2.08. The quantitative estimate of drug-likeness (QED) is 0.509. The fourth-order valence-corrected chi connectivity index (χ4v) is 3.36. The summed E-state index contributed by atoms with van der Waals surface area (Å²) < 4.78 is 7.34. The van der Waals surface area contributed by atoms with Crippen LogP contribution in [-0.2, 0) is 0 Å². The summed E-state index contributed by atoms with van der Waals surface area (Å²) in [5.74, 6) is 0.512. The first-order valence-electron chi connectivity index (χ1n) is 8.93. The van der Waals surface area contributed by atoms with Gasteiger partial charge < -0.3 is 4.74 Å². The Hall–Kier alpha value is -3.93. The summed E-state index contributed by atoms with van der Waals surface area (Å²) in [5, 5.41) is 11.6. The van der Waals surface area contributed by atoms with Crippen LogP contribution in [0.15, 0.2) is 79.1 Å². The predicted octanol–water partition coefficient (Wildman–Crippen LogP) is 4.46. The fraction of sp³-hybridized carbons (Fsp3) is 0.0455. The first-order valence-corrected chi connectivity index (χ1v) is 8.93. The molecule has 0 atom stereocenters. The van der Waals surface area contributed by atoms with Gasteiger partial charge in [-0.25, -0.2) is 9.50 Å². The van der Waals surface area contributed by atoms with Gasteiger partial charge in [-0.3, -0.25) is 5.10 Å². The molecule has 6 nitrogen and oxygen atoms in total. The molecule has 3 heterocycles. The van der Waals surface area contributed by atoms with Gasteiger partial charge in [-0.15, -0.1) is 5.10 Å². The first-order chi connectivity index (χ1) is 13.8. The number of imidazole rings is 1. The summed E-state index contributed by atoms with van der Waals surface area (Å²) in [4.78, 5) is 4.99. The van der Waals surface area contributed by atoms with E-state index < -0.39 is 0 Å². The Balaban J connectivity index is 1.90. The molecule has 0 aliphatic heterocycles. The monoisotopic (exact) mass is 367 g/mol. The Morgan fingerprint density at radius 1 is 0.893 bits per heavy atom. The number of fused-ring (bicyclic) bond motifs is 1. The van der Waals surface area contributed by atoms with Crippen LogP contribution < -0.4 is 4.74 Å². The summed E-state index contributed by atoms with van der Waals surface area (Å²) >= 11 is 0. The zero-order valence-electron chi connectivity index (χ0n) is 15.2. The number of H-pyrrole nitrogens is 1. The highest BCUT2D eigenvalue weighted by molar-refractivity contribution is 5.87. The lowest BCUT2D eigenvalue weighted by Crippen LogP contribution is -2.00. The molecule has 1 N–H and O–H groups in total. The van der Waals surface area contributed by atoms with E-state index in [2.05, 4.69) is 39.6 Å². The van der Waals surface area contributed by atoms with Crippen LogP contribution >= 0.6 is 0 Å². The van der Waals surface area contributed by atoms with Crippen molar-refractivity contribution >= 4 is 5.65 Å². The lowest BCUT2D eigenvalue weighted by molar-refractivity contribution is 0.390. The Morgan fingerprint density at radius 2 is 1.61 bits per heavy atom. The van der Waals surface area contributed by atoms with Gasteiger partial charge in [0.15, 0.2) is 5.65 Å². The van der Waals surface area contributed by atoms with Crippen LogP contribution in [0, 0.1) is 0 Å². The van der Waals surface area contributed by atoms with Crippen molar-refractivity contribution in [2.24, 2.45) is 0 Å². The number of aromatic amines is 1. The van der Waals surface area contributed by atoms with E-state index in [9.17, 15) is 0 Å². The van der Waals surface area contributed by atoms with Crippen LogP contribution in [0.2, 0.25) is 0 Å². The van der Waals surface area contributed by atoms with E-state index >= 15 is 0 Å². The minimum Gasteiger partial charge on any atom is -0.480 e. The Bertz CT molecular complexity index is 1230. The molecule has 0 fully saturated rings. The van der Waals surface area contributed by atoms with Gasteiger partial charge in [0.2, 0.25) is 5.88 Å². The topological polar surface area (TPSA) is 68.1 Å². The number of nitrogens with zero attached hydrogens (tertiary/aromatic N) is 4. The second kappa shape index (κ2) is 6.66. The molecule has 0 saturated carbocycles. The van der Waals surface area contributed by atoms with E-state index in [4.69, 9.17) is 9.72 Å². The third-order valence-corrected chi connectivity index (χ3v) is 4.67. The van der Waals surface area contributed by atoms with Crippen molar-refractivity contribution in [3.8, 4) is 39.5 Å². The predicted molar refractivity (Wildman–Crippen MR) is 108 cm³/mol. The molecule has 6 heteroatoms. The first kappa shape index (κ1) is 16.3. The number of rotatable bonds is 4. The molecule has 2 aromatic carbocycles. The molecule has 136 valence electrons. The van der Waals surface area contributed by atoms with Crippen LogP contribution in [0.5, 0.6) is 5.88 Å². The van der Waals surface area contributed by atoms with Crippen LogP contribution in [0.3, 0.4) is 0 Å².